The number of carbonyl (C=O) groups is 1. The first-order valence-corrected chi connectivity index (χ1v) is 4.75. The molecule has 0 aromatic heterocycles. The molecule has 0 saturated heterocycles. The quantitative estimate of drug-likeness (QED) is 0.558. The summed E-state index contributed by atoms with van der Waals surface area (Å²) in [5.41, 5.74) is 6.89. The van der Waals surface area contributed by atoms with Crippen LogP contribution < -0.4 is 11.1 Å². The van der Waals surface area contributed by atoms with Crippen LogP contribution in [0, 0.1) is 11.8 Å². The molecular formula is C11H11ClN2O. The van der Waals surface area contributed by atoms with Gasteiger partial charge in [0.1, 0.15) is 0 Å². The van der Waals surface area contributed by atoms with Crippen molar-refractivity contribution in [3.8, 4) is 11.8 Å². The number of anilines is 1. The number of halogens is 1. The zero-order valence-corrected chi connectivity index (χ0v) is 9.06. The van der Waals surface area contributed by atoms with Gasteiger partial charge < -0.3 is 11.1 Å². The Morgan fingerprint density at radius 2 is 2.33 bits per heavy atom. The van der Waals surface area contributed by atoms with Crippen LogP contribution in [0.15, 0.2) is 18.2 Å². The third-order valence-corrected chi connectivity index (χ3v) is 2.00. The van der Waals surface area contributed by atoms with Gasteiger partial charge in [0.2, 0.25) is 5.91 Å². The Kier molecular flexibility index (Phi) is 4.02. The molecule has 0 aliphatic heterocycles. The molecule has 1 amide bonds. The number of benzene rings is 1. The molecule has 0 saturated carbocycles. The van der Waals surface area contributed by atoms with Crippen LogP contribution in [0.3, 0.4) is 0 Å². The largest absolute Gasteiger partial charge is 0.397 e. The number of nitrogens with two attached hydrogens (primary N) is 1. The van der Waals surface area contributed by atoms with Crippen molar-refractivity contribution in [3.05, 3.63) is 28.8 Å². The Bertz CT molecular complexity index is 432. The predicted molar refractivity (Wildman–Crippen MR) is 61.4 cm³/mol. The van der Waals surface area contributed by atoms with Crippen LogP contribution in [-0.2, 0) is 4.79 Å². The van der Waals surface area contributed by atoms with Crippen LogP contribution in [0.1, 0.15) is 12.5 Å². The fourth-order valence-electron chi connectivity index (χ4n) is 0.936. The molecule has 0 atom stereocenters. The number of hydrogen-bond acceptors (Lipinski definition) is 2. The highest BCUT2D eigenvalue weighted by molar-refractivity contribution is 6.33. The molecule has 1 rings (SSSR count). The van der Waals surface area contributed by atoms with Crippen molar-refractivity contribution in [1.29, 1.82) is 0 Å². The lowest BCUT2D eigenvalue weighted by atomic mass is 10.2. The summed E-state index contributed by atoms with van der Waals surface area (Å²) < 4.78 is 0. The predicted octanol–water partition coefficient (Wildman–Crippen LogP) is 1.41. The number of amides is 1. The maximum atomic E-state index is 10.5. The average Bonchev–Trinajstić information content (AvgIpc) is 2.18. The number of carbonyl (C=O) groups excluding carboxylic acids is 1. The molecule has 4 heteroatoms. The molecule has 0 radical (unpaired) electrons. The minimum Gasteiger partial charge on any atom is -0.397 e. The summed E-state index contributed by atoms with van der Waals surface area (Å²) in [6.07, 6.45) is 0. The molecule has 0 heterocycles. The highest BCUT2D eigenvalue weighted by atomic mass is 35.5. The molecule has 1 aromatic carbocycles. The SMILES string of the molecule is CC(=O)NCC#Cc1ccc(Cl)c(N)c1. The first kappa shape index (κ1) is 11.4. The molecule has 78 valence electrons. The molecule has 0 aliphatic rings. The summed E-state index contributed by atoms with van der Waals surface area (Å²) in [6.45, 7) is 1.78. The lowest BCUT2D eigenvalue weighted by Crippen LogP contribution is -2.19. The summed E-state index contributed by atoms with van der Waals surface area (Å²) in [7, 11) is 0. The van der Waals surface area contributed by atoms with Crippen molar-refractivity contribution >= 4 is 23.2 Å². The summed E-state index contributed by atoms with van der Waals surface area (Å²) >= 11 is 5.75. The Balaban J connectivity index is 2.64. The number of nitrogen functional groups attached to an aromatic ring is 1. The molecule has 0 spiro atoms. The van der Waals surface area contributed by atoms with Gasteiger partial charge in [-0.2, -0.15) is 0 Å². The molecule has 0 bridgehead atoms. The van der Waals surface area contributed by atoms with E-state index >= 15 is 0 Å². The maximum Gasteiger partial charge on any atom is 0.217 e. The third-order valence-electron chi connectivity index (χ3n) is 1.65. The van der Waals surface area contributed by atoms with Crippen LogP contribution in [-0.4, -0.2) is 12.5 Å². The normalized spacial score (nSPS) is 8.93. The molecule has 0 fully saturated rings. The lowest BCUT2D eigenvalue weighted by Gasteiger charge is -1.97. The van der Waals surface area contributed by atoms with E-state index in [0.717, 1.165) is 5.56 Å². The van der Waals surface area contributed by atoms with Crippen LogP contribution in [0.4, 0.5) is 5.69 Å². The van der Waals surface area contributed by atoms with Gasteiger partial charge >= 0.3 is 0 Å². The van der Waals surface area contributed by atoms with E-state index in [2.05, 4.69) is 17.2 Å². The van der Waals surface area contributed by atoms with Gasteiger partial charge in [0.05, 0.1) is 17.3 Å². The van der Waals surface area contributed by atoms with Crippen LogP contribution >= 0.6 is 11.6 Å². The topological polar surface area (TPSA) is 55.1 Å². The van der Waals surface area contributed by atoms with Crippen molar-refractivity contribution in [2.24, 2.45) is 0 Å². The van der Waals surface area contributed by atoms with Crippen molar-refractivity contribution in [2.75, 3.05) is 12.3 Å². The van der Waals surface area contributed by atoms with Crippen molar-refractivity contribution < 1.29 is 4.79 Å². The van der Waals surface area contributed by atoms with E-state index in [-0.39, 0.29) is 5.91 Å². The fraction of sp³-hybridized carbons (Fsp3) is 0.182. The maximum absolute atomic E-state index is 10.5. The molecule has 0 aliphatic carbocycles. The lowest BCUT2D eigenvalue weighted by molar-refractivity contribution is -0.118. The molecule has 3 nitrogen and oxygen atoms in total. The van der Waals surface area contributed by atoms with E-state index in [0.29, 0.717) is 17.3 Å². The van der Waals surface area contributed by atoms with E-state index in [1.165, 1.54) is 6.92 Å². The van der Waals surface area contributed by atoms with Gasteiger partial charge in [-0.25, -0.2) is 0 Å². The van der Waals surface area contributed by atoms with Gasteiger partial charge in [-0.3, -0.25) is 4.79 Å². The van der Waals surface area contributed by atoms with E-state index in [9.17, 15) is 4.79 Å². The standard InChI is InChI=1S/C11H11ClN2O/c1-8(15)14-6-2-3-9-4-5-10(12)11(13)7-9/h4-5,7H,6,13H2,1H3,(H,14,15). The first-order valence-electron chi connectivity index (χ1n) is 4.38. The molecule has 15 heavy (non-hydrogen) atoms. The average molecular weight is 223 g/mol. The van der Waals surface area contributed by atoms with E-state index in [1.54, 1.807) is 18.2 Å². The minimum atomic E-state index is -0.0973. The Morgan fingerprint density at radius 3 is 2.93 bits per heavy atom. The second-order valence-corrected chi connectivity index (χ2v) is 3.36. The minimum absolute atomic E-state index is 0.0973. The Hall–Kier alpha value is -1.66. The fourth-order valence-corrected chi connectivity index (χ4v) is 1.05. The van der Waals surface area contributed by atoms with Crippen LogP contribution in [0.2, 0.25) is 5.02 Å². The van der Waals surface area contributed by atoms with Gasteiger partial charge in [-0.15, -0.1) is 0 Å². The second kappa shape index (κ2) is 5.28. The summed E-state index contributed by atoms with van der Waals surface area (Å²) in [5.74, 6) is 5.57. The molecule has 3 N–H and O–H groups in total. The monoisotopic (exact) mass is 222 g/mol. The summed E-state index contributed by atoms with van der Waals surface area (Å²) in [5, 5.41) is 3.09. The van der Waals surface area contributed by atoms with Crippen LogP contribution in [0.25, 0.3) is 0 Å². The summed E-state index contributed by atoms with van der Waals surface area (Å²) in [4.78, 5) is 10.5. The van der Waals surface area contributed by atoms with Crippen molar-refractivity contribution in [3.63, 3.8) is 0 Å². The van der Waals surface area contributed by atoms with Gasteiger partial charge in [0.25, 0.3) is 0 Å². The van der Waals surface area contributed by atoms with Crippen molar-refractivity contribution in [2.45, 2.75) is 6.92 Å². The molecular weight excluding hydrogens is 212 g/mol. The van der Waals surface area contributed by atoms with E-state index < -0.39 is 0 Å². The zero-order valence-electron chi connectivity index (χ0n) is 8.30. The van der Waals surface area contributed by atoms with Gasteiger partial charge in [-0.05, 0) is 18.2 Å². The van der Waals surface area contributed by atoms with Crippen LogP contribution in [0.5, 0.6) is 0 Å². The van der Waals surface area contributed by atoms with Gasteiger partial charge in [0.15, 0.2) is 0 Å². The number of nitrogens with one attached hydrogen (secondary N) is 1. The first-order chi connectivity index (χ1) is 7.09. The van der Waals surface area contributed by atoms with E-state index in [4.69, 9.17) is 17.3 Å². The van der Waals surface area contributed by atoms with Gasteiger partial charge in [0, 0.05) is 12.5 Å². The molecule has 0 unspecified atom stereocenters. The number of hydrogen-bond donors (Lipinski definition) is 2. The van der Waals surface area contributed by atoms with E-state index in [1.807, 2.05) is 0 Å². The van der Waals surface area contributed by atoms with Gasteiger partial charge in [-0.1, -0.05) is 23.4 Å². The Morgan fingerprint density at radius 1 is 1.60 bits per heavy atom. The highest BCUT2D eigenvalue weighted by Crippen LogP contribution is 2.18. The molecule has 1 aromatic rings. The van der Waals surface area contributed by atoms with Crippen molar-refractivity contribution in [1.82, 2.24) is 5.32 Å². The summed E-state index contributed by atoms with van der Waals surface area (Å²) in [6, 6.07) is 5.17. The second-order valence-electron chi connectivity index (χ2n) is 2.95. The zero-order chi connectivity index (χ0) is 11.3. The Labute approximate surface area is 93.6 Å². The third kappa shape index (κ3) is 3.92. The number of rotatable bonds is 1. The highest BCUT2D eigenvalue weighted by Gasteiger charge is 1.94. The smallest absolute Gasteiger partial charge is 0.217 e.